The molecule has 0 amide bonds. The molecule has 0 spiro atoms. The number of hydrogen-bond acceptors (Lipinski definition) is 2. The maximum atomic E-state index is 12.8. The summed E-state index contributed by atoms with van der Waals surface area (Å²) in [5, 5.41) is 3.70. The van der Waals surface area contributed by atoms with Crippen LogP contribution in [-0.4, -0.2) is 14.3 Å². The van der Waals surface area contributed by atoms with Crippen LogP contribution in [0, 0.1) is 10.5 Å². The van der Waals surface area contributed by atoms with E-state index in [4.69, 9.17) is 11.6 Å². The Labute approximate surface area is 177 Å². The van der Waals surface area contributed by atoms with Gasteiger partial charge in [0.1, 0.15) is 0 Å². The maximum Gasteiger partial charge on any atom is 0.284 e. The molecule has 0 atom stereocenters. The van der Waals surface area contributed by atoms with Gasteiger partial charge in [0.15, 0.2) is 5.84 Å². The second-order valence-corrected chi connectivity index (χ2v) is 9.04. The fourth-order valence-corrected chi connectivity index (χ4v) is 3.95. The van der Waals surface area contributed by atoms with Gasteiger partial charge in [-0.25, -0.2) is 0 Å². The molecule has 0 heterocycles. The number of nitrogens with one attached hydrogen (secondary N) is 1. The molecule has 1 N–H and O–H groups in total. The van der Waals surface area contributed by atoms with Crippen LogP contribution < -0.4 is 5.32 Å². The molecule has 0 saturated heterocycles. The fraction of sp³-hybridized carbons (Fsp3) is 0.0500. The van der Waals surface area contributed by atoms with E-state index in [1.807, 2.05) is 31.2 Å². The van der Waals surface area contributed by atoms with Crippen molar-refractivity contribution in [1.82, 2.24) is 0 Å². The normalized spacial score (nSPS) is 12.0. The molecule has 0 unspecified atom stereocenters. The first kappa shape index (κ1) is 19.9. The van der Waals surface area contributed by atoms with Crippen LogP contribution in [0.2, 0.25) is 5.02 Å². The van der Waals surface area contributed by atoms with Crippen molar-refractivity contribution in [3.05, 3.63) is 92.5 Å². The van der Waals surface area contributed by atoms with Crippen molar-refractivity contribution in [3.63, 3.8) is 0 Å². The summed E-state index contributed by atoms with van der Waals surface area (Å²) in [5.74, 6) is 0.233. The van der Waals surface area contributed by atoms with E-state index in [1.54, 1.807) is 48.5 Å². The van der Waals surface area contributed by atoms with E-state index < -0.39 is 10.0 Å². The second kappa shape index (κ2) is 8.41. The topological polar surface area (TPSA) is 58.5 Å². The highest BCUT2D eigenvalue weighted by atomic mass is 127. The molecule has 3 rings (SSSR count). The van der Waals surface area contributed by atoms with Crippen LogP contribution >= 0.6 is 34.2 Å². The molecule has 3 aromatic carbocycles. The van der Waals surface area contributed by atoms with Crippen molar-refractivity contribution in [2.45, 2.75) is 11.8 Å². The van der Waals surface area contributed by atoms with E-state index >= 15 is 0 Å². The third-order valence-corrected chi connectivity index (χ3v) is 6.26. The summed E-state index contributed by atoms with van der Waals surface area (Å²) < 4.78 is 30.7. The summed E-state index contributed by atoms with van der Waals surface area (Å²) in [4.78, 5) is 0.143. The monoisotopic (exact) mass is 510 g/mol. The highest BCUT2D eigenvalue weighted by molar-refractivity contribution is 14.1. The lowest BCUT2D eigenvalue weighted by Gasteiger charge is -2.12. The van der Waals surface area contributed by atoms with Crippen LogP contribution in [0.25, 0.3) is 0 Å². The smallest absolute Gasteiger partial charge is 0.284 e. The minimum absolute atomic E-state index is 0.143. The second-order valence-electron chi connectivity index (χ2n) is 5.84. The standard InChI is InChI=1S/C20H16ClIN2O2S/c1-14-6-12-17(13-7-14)27(25,26)24-20(15-8-10-16(21)11-9-15)23-19-5-3-2-4-18(19)22/h2-13H,1H3,(H,23,24). The number of anilines is 1. The van der Waals surface area contributed by atoms with Crippen molar-refractivity contribution in [1.29, 1.82) is 0 Å². The van der Waals surface area contributed by atoms with E-state index in [-0.39, 0.29) is 10.7 Å². The zero-order valence-electron chi connectivity index (χ0n) is 14.4. The molecule has 0 aliphatic rings. The lowest BCUT2D eigenvalue weighted by atomic mass is 10.2. The summed E-state index contributed by atoms with van der Waals surface area (Å²) in [6, 6.07) is 21.0. The van der Waals surface area contributed by atoms with Crippen LogP contribution in [-0.2, 0) is 10.0 Å². The predicted molar refractivity (Wildman–Crippen MR) is 119 cm³/mol. The van der Waals surface area contributed by atoms with Gasteiger partial charge in [0, 0.05) is 14.2 Å². The van der Waals surface area contributed by atoms with E-state index in [0.717, 1.165) is 14.8 Å². The largest absolute Gasteiger partial charge is 0.338 e. The van der Waals surface area contributed by atoms with Crippen LogP contribution in [0.1, 0.15) is 11.1 Å². The Morgan fingerprint density at radius 2 is 1.59 bits per heavy atom. The average molecular weight is 511 g/mol. The third kappa shape index (κ3) is 5.09. The third-order valence-electron chi connectivity index (χ3n) is 3.77. The lowest BCUT2D eigenvalue weighted by molar-refractivity contribution is 0.598. The highest BCUT2D eigenvalue weighted by Crippen LogP contribution is 2.21. The van der Waals surface area contributed by atoms with Crippen LogP contribution in [0.15, 0.2) is 82.1 Å². The first-order valence-electron chi connectivity index (χ1n) is 8.04. The van der Waals surface area contributed by atoms with Crippen LogP contribution in [0.3, 0.4) is 0 Å². The summed E-state index contributed by atoms with van der Waals surface area (Å²) >= 11 is 8.15. The van der Waals surface area contributed by atoms with Crippen molar-refractivity contribution < 1.29 is 8.42 Å². The van der Waals surface area contributed by atoms with Gasteiger partial charge in [0.05, 0.1) is 10.6 Å². The zero-order valence-corrected chi connectivity index (χ0v) is 18.1. The Bertz CT molecular complexity index is 1080. The number of nitrogens with zero attached hydrogens (tertiary/aromatic N) is 1. The highest BCUT2D eigenvalue weighted by Gasteiger charge is 2.16. The number of aryl methyl sites for hydroxylation is 1. The van der Waals surface area contributed by atoms with E-state index in [9.17, 15) is 8.42 Å². The molecule has 0 saturated carbocycles. The molecule has 0 aromatic heterocycles. The van der Waals surface area contributed by atoms with Gasteiger partial charge in [-0.05, 0) is 78.0 Å². The number of rotatable bonds is 4. The van der Waals surface area contributed by atoms with Gasteiger partial charge in [-0.3, -0.25) is 0 Å². The molecule has 4 nitrogen and oxygen atoms in total. The number of hydrogen-bond donors (Lipinski definition) is 1. The Kier molecular flexibility index (Phi) is 6.18. The number of amidine groups is 1. The minimum atomic E-state index is -3.88. The summed E-state index contributed by atoms with van der Waals surface area (Å²) in [5.41, 5.74) is 2.37. The molecular weight excluding hydrogens is 495 g/mol. The lowest BCUT2D eigenvalue weighted by Crippen LogP contribution is -2.17. The minimum Gasteiger partial charge on any atom is -0.338 e. The summed E-state index contributed by atoms with van der Waals surface area (Å²) in [6.45, 7) is 1.90. The van der Waals surface area contributed by atoms with Gasteiger partial charge in [-0.1, -0.05) is 41.4 Å². The number of para-hydroxylation sites is 1. The number of sulfonamides is 1. The Morgan fingerprint density at radius 3 is 2.22 bits per heavy atom. The predicted octanol–water partition coefficient (Wildman–Crippen LogP) is 5.50. The van der Waals surface area contributed by atoms with Gasteiger partial charge in [0.2, 0.25) is 0 Å². The molecule has 0 aliphatic heterocycles. The Morgan fingerprint density at radius 1 is 0.963 bits per heavy atom. The van der Waals surface area contributed by atoms with Crippen LogP contribution in [0.5, 0.6) is 0 Å². The molecule has 0 bridgehead atoms. The quantitative estimate of drug-likeness (QED) is 0.286. The first-order chi connectivity index (χ1) is 12.8. The van der Waals surface area contributed by atoms with Gasteiger partial charge < -0.3 is 5.32 Å². The van der Waals surface area contributed by atoms with Crippen LogP contribution in [0.4, 0.5) is 5.69 Å². The molecule has 3 aromatic rings. The van der Waals surface area contributed by atoms with E-state index in [1.165, 1.54) is 0 Å². The number of halogens is 2. The SMILES string of the molecule is Cc1ccc(S(=O)(=O)/N=C(\Nc2ccccc2I)c2ccc(Cl)cc2)cc1. The van der Waals surface area contributed by atoms with Crippen molar-refractivity contribution in [3.8, 4) is 0 Å². The van der Waals surface area contributed by atoms with Gasteiger partial charge in [-0.2, -0.15) is 8.42 Å². The van der Waals surface area contributed by atoms with Gasteiger partial charge in [0.25, 0.3) is 10.0 Å². The Balaban J connectivity index is 2.08. The van der Waals surface area contributed by atoms with Gasteiger partial charge in [-0.15, -0.1) is 4.40 Å². The number of benzene rings is 3. The maximum absolute atomic E-state index is 12.8. The molecule has 27 heavy (non-hydrogen) atoms. The molecule has 138 valence electrons. The molecule has 0 fully saturated rings. The van der Waals surface area contributed by atoms with Crippen molar-refractivity contribution in [2.24, 2.45) is 4.40 Å². The molecular formula is C20H16ClIN2O2S. The molecule has 0 radical (unpaired) electrons. The molecule has 0 aliphatic carbocycles. The fourth-order valence-electron chi connectivity index (χ4n) is 2.33. The van der Waals surface area contributed by atoms with E-state index in [0.29, 0.717) is 10.6 Å². The molecule has 7 heteroatoms. The van der Waals surface area contributed by atoms with E-state index in [2.05, 4.69) is 32.3 Å². The van der Waals surface area contributed by atoms with Crippen molar-refractivity contribution >= 4 is 55.7 Å². The summed E-state index contributed by atoms with van der Waals surface area (Å²) in [6.07, 6.45) is 0. The first-order valence-corrected chi connectivity index (χ1v) is 10.9. The zero-order chi connectivity index (χ0) is 19.4. The average Bonchev–Trinajstić information content (AvgIpc) is 2.64. The van der Waals surface area contributed by atoms with Gasteiger partial charge >= 0.3 is 0 Å². The summed E-state index contributed by atoms with van der Waals surface area (Å²) in [7, 11) is -3.88. The van der Waals surface area contributed by atoms with Crippen molar-refractivity contribution in [2.75, 3.05) is 5.32 Å². The Hall–Kier alpha value is -1.90.